The van der Waals surface area contributed by atoms with Gasteiger partial charge in [0.15, 0.2) is 6.61 Å². The topological polar surface area (TPSA) is 93.0 Å². The first-order valence-corrected chi connectivity index (χ1v) is 5.04. The zero-order chi connectivity index (χ0) is 12.1. The second kappa shape index (κ2) is 5.15. The molecule has 0 atom stereocenters. The Morgan fingerprint density at radius 3 is 3.18 bits per heavy atom. The fraction of sp³-hybridized carbons (Fsp3) is 0.300. The molecule has 0 aromatic carbocycles. The number of nitrogens with one attached hydrogen (secondary N) is 2. The number of H-pyrrole nitrogens is 1. The highest BCUT2D eigenvalue weighted by Gasteiger charge is 2.05. The van der Waals surface area contributed by atoms with Gasteiger partial charge in [-0.2, -0.15) is 0 Å². The van der Waals surface area contributed by atoms with Crippen molar-refractivity contribution in [2.75, 3.05) is 6.61 Å². The maximum atomic E-state index is 11.4. The van der Waals surface area contributed by atoms with Crippen molar-refractivity contribution in [1.29, 1.82) is 0 Å². The van der Waals surface area contributed by atoms with Crippen LogP contribution in [0.2, 0.25) is 0 Å². The fourth-order valence-corrected chi connectivity index (χ4v) is 1.18. The van der Waals surface area contributed by atoms with E-state index < -0.39 is 0 Å². The van der Waals surface area contributed by atoms with Gasteiger partial charge in [-0.3, -0.25) is 4.79 Å². The molecular weight excluding hydrogens is 224 g/mol. The molecule has 0 saturated carbocycles. The van der Waals surface area contributed by atoms with E-state index in [0.29, 0.717) is 18.2 Å². The Balaban J connectivity index is 1.71. The Morgan fingerprint density at radius 1 is 1.65 bits per heavy atom. The molecule has 2 rings (SSSR count). The van der Waals surface area contributed by atoms with Crippen LogP contribution in [0.25, 0.3) is 0 Å². The van der Waals surface area contributed by atoms with Gasteiger partial charge in [0.1, 0.15) is 5.76 Å². The van der Waals surface area contributed by atoms with Gasteiger partial charge in [0, 0.05) is 12.3 Å². The summed E-state index contributed by atoms with van der Waals surface area (Å²) in [5.41, 5.74) is 0.829. The minimum Gasteiger partial charge on any atom is -0.465 e. The highest BCUT2D eigenvalue weighted by atomic mass is 16.5. The van der Waals surface area contributed by atoms with Crippen LogP contribution in [-0.2, 0) is 11.3 Å². The summed E-state index contributed by atoms with van der Waals surface area (Å²) >= 11 is 0. The van der Waals surface area contributed by atoms with Gasteiger partial charge in [-0.15, -0.1) is 0 Å². The summed E-state index contributed by atoms with van der Waals surface area (Å²) in [5, 5.41) is 6.27. The smallest absolute Gasteiger partial charge is 0.258 e. The number of nitrogens with zero attached hydrogens (tertiary/aromatic N) is 2. The van der Waals surface area contributed by atoms with Gasteiger partial charge in [-0.25, -0.2) is 4.98 Å². The van der Waals surface area contributed by atoms with Crippen LogP contribution in [0.15, 0.2) is 23.1 Å². The summed E-state index contributed by atoms with van der Waals surface area (Å²) in [6, 6.07) is 1.61. The van der Waals surface area contributed by atoms with Gasteiger partial charge in [-0.05, 0) is 12.1 Å². The molecule has 90 valence electrons. The Bertz CT molecular complexity index is 477. The zero-order valence-electron chi connectivity index (χ0n) is 9.27. The molecule has 0 saturated heterocycles. The monoisotopic (exact) mass is 236 g/mol. The molecule has 2 heterocycles. The number of aromatic amines is 1. The summed E-state index contributed by atoms with van der Waals surface area (Å²) in [6.07, 6.45) is 3.19. The molecule has 0 aliphatic heterocycles. The number of aromatic nitrogens is 3. The SMILES string of the molecule is Cc1cc(OCC(=O)NCc2cnc[nH]2)no1. The number of aryl methyl sites for hydroxylation is 1. The molecule has 0 radical (unpaired) electrons. The Kier molecular flexibility index (Phi) is 3.39. The predicted molar refractivity (Wildman–Crippen MR) is 57.2 cm³/mol. The molecule has 1 amide bonds. The first-order chi connectivity index (χ1) is 8.24. The standard InChI is InChI=1S/C10H12N4O3/c1-7-2-10(14-17-7)16-5-9(15)12-4-8-3-11-6-13-8/h2-3,6H,4-5H2,1H3,(H,11,13)(H,12,15). The van der Waals surface area contributed by atoms with Crippen molar-refractivity contribution in [3.63, 3.8) is 0 Å². The number of rotatable bonds is 5. The van der Waals surface area contributed by atoms with Gasteiger partial charge < -0.3 is 19.6 Å². The second-order valence-corrected chi connectivity index (χ2v) is 3.42. The van der Waals surface area contributed by atoms with Crippen molar-refractivity contribution in [2.45, 2.75) is 13.5 Å². The lowest BCUT2D eigenvalue weighted by Crippen LogP contribution is -2.28. The molecule has 0 bridgehead atoms. The van der Waals surface area contributed by atoms with Crippen molar-refractivity contribution in [1.82, 2.24) is 20.4 Å². The molecule has 0 fully saturated rings. The lowest BCUT2D eigenvalue weighted by Gasteiger charge is -2.03. The number of amides is 1. The number of hydrogen-bond acceptors (Lipinski definition) is 5. The van der Waals surface area contributed by atoms with E-state index in [2.05, 4.69) is 20.4 Å². The van der Waals surface area contributed by atoms with Crippen molar-refractivity contribution < 1.29 is 14.1 Å². The van der Waals surface area contributed by atoms with Crippen molar-refractivity contribution in [2.24, 2.45) is 0 Å². The van der Waals surface area contributed by atoms with Crippen molar-refractivity contribution in [3.05, 3.63) is 30.0 Å². The van der Waals surface area contributed by atoms with E-state index in [4.69, 9.17) is 9.26 Å². The molecular formula is C10H12N4O3. The van der Waals surface area contributed by atoms with Crippen LogP contribution in [0, 0.1) is 6.92 Å². The van der Waals surface area contributed by atoms with Gasteiger partial charge in [0.05, 0.1) is 18.6 Å². The predicted octanol–water partition coefficient (Wildman–Crippen LogP) is 0.401. The number of ether oxygens (including phenoxy) is 1. The largest absolute Gasteiger partial charge is 0.465 e. The molecule has 2 aromatic heterocycles. The third-order valence-electron chi connectivity index (χ3n) is 1.99. The Morgan fingerprint density at radius 2 is 2.53 bits per heavy atom. The molecule has 0 aliphatic rings. The van der Waals surface area contributed by atoms with E-state index >= 15 is 0 Å². The quantitative estimate of drug-likeness (QED) is 0.783. The highest BCUT2D eigenvalue weighted by molar-refractivity contribution is 5.77. The molecule has 2 aromatic rings. The van der Waals surface area contributed by atoms with Gasteiger partial charge in [0.2, 0.25) is 0 Å². The Hall–Kier alpha value is -2.31. The van der Waals surface area contributed by atoms with Crippen LogP contribution >= 0.6 is 0 Å². The van der Waals surface area contributed by atoms with Crippen LogP contribution in [0.4, 0.5) is 0 Å². The second-order valence-electron chi connectivity index (χ2n) is 3.42. The van der Waals surface area contributed by atoms with E-state index in [0.717, 1.165) is 5.69 Å². The van der Waals surface area contributed by atoms with Gasteiger partial charge in [-0.1, -0.05) is 0 Å². The minimum absolute atomic E-state index is 0.0971. The molecule has 0 spiro atoms. The molecule has 7 heteroatoms. The summed E-state index contributed by atoms with van der Waals surface area (Å²) in [4.78, 5) is 18.1. The molecule has 0 unspecified atom stereocenters. The number of hydrogen-bond donors (Lipinski definition) is 2. The third-order valence-corrected chi connectivity index (χ3v) is 1.99. The minimum atomic E-state index is -0.236. The third kappa shape index (κ3) is 3.33. The summed E-state index contributed by atoms with van der Waals surface area (Å²) in [7, 11) is 0. The fourth-order valence-electron chi connectivity index (χ4n) is 1.18. The van der Waals surface area contributed by atoms with E-state index in [1.54, 1.807) is 25.5 Å². The normalized spacial score (nSPS) is 10.2. The van der Waals surface area contributed by atoms with Crippen LogP contribution < -0.4 is 10.1 Å². The van der Waals surface area contributed by atoms with Crippen LogP contribution in [0.5, 0.6) is 5.88 Å². The lowest BCUT2D eigenvalue weighted by atomic mass is 10.4. The maximum absolute atomic E-state index is 11.4. The van der Waals surface area contributed by atoms with E-state index in [1.165, 1.54) is 0 Å². The number of carbonyl (C=O) groups excluding carboxylic acids is 1. The van der Waals surface area contributed by atoms with Crippen molar-refractivity contribution in [3.8, 4) is 5.88 Å². The summed E-state index contributed by atoms with van der Waals surface area (Å²) in [6.45, 7) is 2.04. The average Bonchev–Trinajstić information content (AvgIpc) is 2.95. The van der Waals surface area contributed by atoms with Crippen LogP contribution in [-0.4, -0.2) is 27.6 Å². The zero-order valence-corrected chi connectivity index (χ0v) is 9.27. The van der Waals surface area contributed by atoms with Gasteiger partial charge in [0.25, 0.3) is 11.8 Å². The highest BCUT2D eigenvalue weighted by Crippen LogP contribution is 2.09. The van der Waals surface area contributed by atoms with E-state index in [1.807, 2.05) is 0 Å². The Labute approximate surface area is 97.2 Å². The molecule has 0 aliphatic carbocycles. The van der Waals surface area contributed by atoms with Gasteiger partial charge >= 0.3 is 0 Å². The average molecular weight is 236 g/mol. The lowest BCUT2D eigenvalue weighted by molar-refractivity contribution is -0.123. The maximum Gasteiger partial charge on any atom is 0.258 e. The molecule has 7 nitrogen and oxygen atoms in total. The van der Waals surface area contributed by atoms with Crippen molar-refractivity contribution >= 4 is 5.91 Å². The van der Waals surface area contributed by atoms with Crippen LogP contribution in [0.1, 0.15) is 11.5 Å². The number of carbonyl (C=O) groups is 1. The van der Waals surface area contributed by atoms with E-state index in [9.17, 15) is 4.79 Å². The number of imidazole rings is 1. The summed E-state index contributed by atoms with van der Waals surface area (Å²) < 4.78 is 9.91. The first-order valence-electron chi connectivity index (χ1n) is 5.04. The molecule has 2 N–H and O–H groups in total. The van der Waals surface area contributed by atoms with E-state index in [-0.39, 0.29) is 12.5 Å². The first kappa shape index (κ1) is 11.2. The van der Waals surface area contributed by atoms with Crippen LogP contribution in [0.3, 0.4) is 0 Å². The molecule has 17 heavy (non-hydrogen) atoms. The summed E-state index contributed by atoms with van der Waals surface area (Å²) in [5.74, 6) is 0.706.